The lowest BCUT2D eigenvalue weighted by Gasteiger charge is -2.22. The Bertz CT molecular complexity index is 401. The van der Waals surface area contributed by atoms with Gasteiger partial charge in [-0.05, 0) is 7.05 Å². The molecular formula is C9H12F6N4O. The Balaban J connectivity index is 2.52. The molecule has 0 bridgehead atoms. The molecule has 0 spiro atoms. The van der Waals surface area contributed by atoms with Gasteiger partial charge >= 0.3 is 12.4 Å². The first-order chi connectivity index (χ1) is 9.14. The van der Waals surface area contributed by atoms with Crippen molar-refractivity contribution in [1.29, 1.82) is 0 Å². The molecule has 0 fully saturated rings. The molecule has 0 saturated heterocycles. The molecule has 0 unspecified atom stereocenters. The molecule has 1 aromatic rings. The quantitative estimate of drug-likeness (QED) is 0.810. The number of alkyl halides is 6. The topological polar surface area (TPSA) is 52.0 Å². The monoisotopic (exact) mass is 306 g/mol. The number of ether oxygens (including phenoxy) is 1. The van der Waals surface area contributed by atoms with E-state index in [4.69, 9.17) is 0 Å². The Hall–Kier alpha value is -1.36. The summed E-state index contributed by atoms with van der Waals surface area (Å²) < 4.78 is 77.9. The summed E-state index contributed by atoms with van der Waals surface area (Å²) >= 11 is 0. The van der Waals surface area contributed by atoms with Crippen LogP contribution in [-0.4, -0.2) is 47.1 Å². The van der Waals surface area contributed by atoms with E-state index in [0.29, 0.717) is 12.2 Å². The highest BCUT2D eigenvalue weighted by molar-refractivity contribution is 4.90. The van der Waals surface area contributed by atoms with Crippen molar-refractivity contribution < 1.29 is 31.1 Å². The summed E-state index contributed by atoms with van der Waals surface area (Å²) in [5.74, 6) is 0. The number of hydrogen-bond donors (Lipinski definition) is 1. The van der Waals surface area contributed by atoms with E-state index in [0.717, 1.165) is 4.68 Å². The number of aromatic nitrogens is 3. The van der Waals surface area contributed by atoms with Gasteiger partial charge in [-0.1, -0.05) is 5.21 Å². The highest BCUT2D eigenvalue weighted by Crippen LogP contribution is 2.35. The third kappa shape index (κ3) is 4.96. The predicted octanol–water partition coefficient (Wildman–Crippen LogP) is 1.51. The molecule has 1 N–H and O–H groups in total. The second kappa shape index (κ2) is 6.39. The summed E-state index contributed by atoms with van der Waals surface area (Å²) in [4.78, 5) is 0. The smallest absolute Gasteiger partial charge is 0.359 e. The van der Waals surface area contributed by atoms with Crippen LogP contribution in [0.4, 0.5) is 26.3 Å². The van der Waals surface area contributed by atoms with Crippen molar-refractivity contribution in [2.24, 2.45) is 0 Å². The maximum absolute atomic E-state index is 12.2. The van der Waals surface area contributed by atoms with Gasteiger partial charge in [-0.3, -0.25) is 0 Å². The van der Waals surface area contributed by atoms with Gasteiger partial charge in [0.2, 0.25) is 6.10 Å². The van der Waals surface area contributed by atoms with E-state index in [1.165, 1.54) is 6.20 Å². The molecule has 5 nitrogen and oxygen atoms in total. The lowest BCUT2D eigenvalue weighted by Crippen LogP contribution is -2.44. The van der Waals surface area contributed by atoms with E-state index in [1.807, 2.05) is 0 Å². The summed E-state index contributed by atoms with van der Waals surface area (Å²) in [5, 5.41) is 9.96. The first-order valence-electron chi connectivity index (χ1n) is 5.43. The summed E-state index contributed by atoms with van der Waals surface area (Å²) in [6.45, 7) is -0.667. The first kappa shape index (κ1) is 16.7. The first-order valence-corrected chi connectivity index (χ1v) is 5.43. The minimum absolute atomic E-state index is 0.265. The zero-order valence-corrected chi connectivity index (χ0v) is 10.3. The van der Waals surface area contributed by atoms with Crippen molar-refractivity contribution in [3.8, 4) is 0 Å². The Labute approximate surface area is 109 Å². The summed E-state index contributed by atoms with van der Waals surface area (Å²) in [6, 6.07) is 0. The molecule has 0 amide bonds. The van der Waals surface area contributed by atoms with Gasteiger partial charge in [0.05, 0.1) is 18.8 Å². The minimum Gasteiger partial charge on any atom is -0.359 e. The number of nitrogens with zero attached hydrogens (tertiary/aromatic N) is 3. The van der Waals surface area contributed by atoms with Crippen LogP contribution >= 0.6 is 0 Å². The second-order valence-electron chi connectivity index (χ2n) is 3.84. The van der Waals surface area contributed by atoms with E-state index in [2.05, 4.69) is 20.4 Å². The molecule has 0 aliphatic rings. The number of halogens is 6. The molecular weight excluding hydrogens is 294 g/mol. The normalized spacial score (nSPS) is 13.2. The Morgan fingerprint density at radius 1 is 1.25 bits per heavy atom. The summed E-state index contributed by atoms with van der Waals surface area (Å²) in [5.41, 5.74) is 0.510. The number of rotatable bonds is 6. The Morgan fingerprint density at radius 3 is 2.35 bits per heavy atom. The molecule has 1 aromatic heterocycles. The van der Waals surface area contributed by atoms with Crippen molar-refractivity contribution >= 4 is 0 Å². The fraction of sp³-hybridized carbons (Fsp3) is 0.778. The Kier molecular flexibility index (Phi) is 5.34. The minimum atomic E-state index is -5.50. The predicted molar refractivity (Wildman–Crippen MR) is 54.6 cm³/mol. The Morgan fingerprint density at radius 2 is 1.85 bits per heavy atom. The van der Waals surface area contributed by atoms with Crippen LogP contribution in [0.1, 0.15) is 5.69 Å². The number of hydrogen-bond acceptors (Lipinski definition) is 4. The largest absolute Gasteiger partial charge is 0.423 e. The van der Waals surface area contributed by atoms with E-state index in [-0.39, 0.29) is 6.54 Å². The second-order valence-corrected chi connectivity index (χ2v) is 3.84. The van der Waals surface area contributed by atoms with E-state index < -0.39 is 25.1 Å². The maximum Gasteiger partial charge on any atom is 0.423 e. The molecule has 1 heterocycles. The third-order valence-corrected chi connectivity index (χ3v) is 2.14. The van der Waals surface area contributed by atoms with Gasteiger partial charge in [0.15, 0.2) is 0 Å². The van der Waals surface area contributed by atoms with Gasteiger partial charge in [0.1, 0.15) is 0 Å². The zero-order valence-electron chi connectivity index (χ0n) is 10.3. The van der Waals surface area contributed by atoms with Crippen LogP contribution in [0.25, 0.3) is 0 Å². The van der Waals surface area contributed by atoms with Crippen LogP contribution in [0.15, 0.2) is 6.20 Å². The van der Waals surface area contributed by atoms with Gasteiger partial charge in [0.25, 0.3) is 0 Å². The molecule has 116 valence electrons. The van der Waals surface area contributed by atoms with Gasteiger partial charge in [-0.15, -0.1) is 5.10 Å². The molecule has 20 heavy (non-hydrogen) atoms. The van der Waals surface area contributed by atoms with Crippen molar-refractivity contribution in [3.05, 3.63) is 11.9 Å². The van der Waals surface area contributed by atoms with E-state index in [1.54, 1.807) is 7.05 Å². The fourth-order valence-corrected chi connectivity index (χ4v) is 1.35. The molecule has 0 aliphatic heterocycles. The molecule has 0 aromatic carbocycles. The lowest BCUT2D eigenvalue weighted by molar-refractivity contribution is -0.322. The fourth-order valence-electron chi connectivity index (χ4n) is 1.35. The van der Waals surface area contributed by atoms with Crippen molar-refractivity contribution in [2.75, 3.05) is 13.7 Å². The van der Waals surface area contributed by atoms with Gasteiger partial charge in [-0.2, -0.15) is 26.3 Å². The molecule has 11 heteroatoms. The third-order valence-electron chi connectivity index (χ3n) is 2.14. The SMILES string of the molecule is CNCc1cn(CCOC(C(F)(F)F)C(F)(F)F)nn1. The summed E-state index contributed by atoms with van der Waals surface area (Å²) in [7, 11) is 1.65. The van der Waals surface area contributed by atoms with Crippen molar-refractivity contribution in [1.82, 2.24) is 20.3 Å². The molecule has 0 aliphatic carbocycles. The van der Waals surface area contributed by atoms with Crippen molar-refractivity contribution in [3.63, 3.8) is 0 Å². The average molecular weight is 306 g/mol. The van der Waals surface area contributed by atoms with Crippen LogP contribution in [-0.2, 0) is 17.8 Å². The van der Waals surface area contributed by atoms with Gasteiger partial charge < -0.3 is 10.1 Å². The van der Waals surface area contributed by atoms with E-state index in [9.17, 15) is 26.3 Å². The molecule has 0 radical (unpaired) electrons. The van der Waals surface area contributed by atoms with Crippen LogP contribution in [0.5, 0.6) is 0 Å². The van der Waals surface area contributed by atoms with Crippen LogP contribution in [0, 0.1) is 0 Å². The van der Waals surface area contributed by atoms with Crippen LogP contribution in [0.2, 0.25) is 0 Å². The molecule has 1 rings (SSSR count). The lowest BCUT2D eigenvalue weighted by atomic mass is 10.3. The van der Waals surface area contributed by atoms with E-state index >= 15 is 0 Å². The highest BCUT2D eigenvalue weighted by atomic mass is 19.4. The summed E-state index contributed by atoms with van der Waals surface area (Å²) in [6.07, 6.45) is -13.4. The number of nitrogens with one attached hydrogen (secondary N) is 1. The molecule has 0 atom stereocenters. The van der Waals surface area contributed by atoms with Gasteiger partial charge in [-0.25, -0.2) is 4.68 Å². The average Bonchev–Trinajstić information content (AvgIpc) is 2.69. The van der Waals surface area contributed by atoms with Crippen LogP contribution in [0.3, 0.4) is 0 Å². The van der Waals surface area contributed by atoms with Crippen molar-refractivity contribution in [2.45, 2.75) is 31.5 Å². The zero-order chi connectivity index (χ0) is 15.4. The molecule has 0 saturated carbocycles. The maximum atomic E-state index is 12.2. The van der Waals surface area contributed by atoms with Gasteiger partial charge in [0, 0.05) is 12.7 Å². The standard InChI is InChI=1S/C9H12F6N4O/c1-16-4-6-5-19(18-17-6)2-3-20-7(8(10,11)12)9(13,14)15/h5,7,16H,2-4H2,1H3. The van der Waals surface area contributed by atoms with Crippen LogP contribution < -0.4 is 5.32 Å². The highest BCUT2D eigenvalue weighted by Gasteiger charge is 2.57.